The maximum Gasteiger partial charge on any atom is 0.254 e. The lowest BCUT2D eigenvalue weighted by Crippen LogP contribution is -2.46. The van der Waals surface area contributed by atoms with Gasteiger partial charge < -0.3 is 20.1 Å². The fourth-order valence-corrected chi connectivity index (χ4v) is 3.33. The molecule has 1 aliphatic heterocycles. The predicted molar refractivity (Wildman–Crippen MR) is 110 cm³/mol. The van der Waals surface area contributed by atoms with Gasteiger partial charge in [0, 0.05) is 18.7 Å². The Kier molecular flexibility index (Phi) is 7.66. The zero-order chi connectivity index (χ0) is 18.5. The number of morpholine rings is 1. The van der Waals surface area contributed by atoms with Crippen LogP contribution < -0.4 is 10.5 Å². The van der Waals surface area contributed by atoms with Crippen LogP contribution in [0.1, 0.15) is 22.3 Å². The first kappa shape index (κ1) is 21.2. The molecule has 2 aromatic rings. The van der Waals surface area contributed by atoms with Gasteiger partial charge in [-0.05, 0) is 60.8 Å². The number of nitrogens with two attached hydrogens (primary N) is 1. The third-order valence-electron chi connectivity index (χ3n) is 4.79. The highest BCUT2D eigenvalue weighted by Gasteiger charge is 2.24. The Labute approximate surface area is 166 Å². The highest BCUT2D eigenvalue weighted by molar-refractivity contribution is 5.94. The van der Waals surface area contributed by atoms with Gasteiger partial charge in [0.05, 0.1) is 19.8 Å². The quantitative estimate of drug-likeness (QED) is 0.850. The molecular weight excluding hydrogens is 364 g/mol. The molecule has 0 saturated carbocycles. The summed E-state index contributed by atoms with van der Waals surface area (Å²) in [6, 6.07) is 13.8. The Morgan fingerprint density at radius 3 is 2.63 bits per heavy atom. The van der Waals surface area contributed by atoms with Gasteiger partial charge in [0.15, 0.2) is 0 Å². The molecule has 0 radical (unpaired) electrons. The van der Waals surface area contributed by atoms with Crippen LogP contribution in [-0.4, -0.2) is 50.3 Å². The van der Waals surface area contributed by atoms with E-state index in [0.717, 1.165) is 28.9 Å². The average molecular weight is 391 g/mol. The van der Waals surface area contributed by atoms with Crippen molar-refractivity contribution in [2.75, 3.05) is 33.4 Å². The number of hydrogen-bond acceptors (Lipinski definition) is 4. The number of carbonyl (C=O) groups is 1. The molecule has 2 N–H and O–H groups in total. The minimum absolute atomic E-state index is 0. The molecule has 6 heteroatoms. The van der Waals surface area contributed by atoms with Crippen molar-refractivity contribution in [2.45, 2.75) is 19.4 Å². The van der Waals surface area contributed by atoms with E-state index < -0.39 is 0 Å². The van der Waals surface area contributed by atoms with Crippen LogP contribution in [0.5, 0.6) is 5.75 Å². The number of rotatable bonds is 5. The third kappa shape index (κ3) is 5.01. The van der Waals surface area contributed by atoms with E-state index in [2.05, 4.69) is 6.92 Å². The van der Waals surface area contributed by atoms with Crippen LogP contribution in [0, 0.1) is 6.92 Å². The monoisotopic (exact) mass is 390 g/mol. The highest BCUT2D eigenvalue weighted by Crippen LogP contribution is 2.27. The van der Waals surface area contributed by atoms with Gasteiger partial charge >= 0.3 is 0 Å². The molecule has 1 saturated heterocycles. The summed E-state index contributed by atoms with van der Waals surface area (Å²) in [7, 11) is 1.67. The van der Waals surface area contributed by atoms with Crippen LogP contribution >= 0.6 is 12.4 Å². The number of nitrogens with zero attached hydrogens (tertiary/aromatic N) is 1. The van der Waals surface area contributed by atoms with E-state index in [4.69, 9.17) is 15.2 Å². The van der Waals surface area contributed by atoms with Gasteiger partial charge in [-0.15, -0.1) is 12.4 Å². The third-order valence-corrected chi connectivity index (χ3v) is 4.79. The SMILES string of the molecule is COc1ccc(-c2ccc(C(=O)N3CCOC(CCN)C3)cc2)c(C)c1.Cl. The topological polar surface area (TPSA) is 64.8 Å². The summed E-state index contributed by atoms with van der Waals surface area (Å²) < 4.78 is 10.9. The average Bonchev–Trinajstić information content (AvgIpc) is 2.68. The molecule has 1 fully saturated rings. The number of hydrogen-bond donors (Lipinski definition) is 1. The summed E-state index contributed by atoms with van der Waals surface area (Å²) in [5.41, 5.74) is 9.67. The lowest BCUT2D eigenvalue weighted by atomic mass is 9.99. The van der Waals surface area contributed by atoms with E-state index >= 15 is 0 Å². The fourth-order valence-electron chi connectivity index (χ4n) is 3.33. The number of benzene rings is 2. The van der Waals surface area contributed by atoms with Crippen molar-refractivity contribution in [3.8, 4) is 16.9 Å². The number of aryl methyl sites for hydroxylation is 1. The number of methoxy groups -OCH3 is 1. The van der Waals surface area contributed by atoms with E-state index in [1.165, 1.54) is 0 Å². The molecule has 27 heavy (non-hydrogen) atoms. The van der Waals surface area contributed by atoms with Gasteiger partial charge in [-0.2, -0.15) is 0 Å². The number of carbonyl (C=O) groups excluding carboxylic acids is 1. The first-order chi connectivity index (χ1) is 12.6. The summed E-state index contributed by atoms with van der Waals surface area (Å²) in [4.78, 5) is 14.6. The van der Waals surface area contributed by atoms with Gasteiger partial charge in [0.25, 0.3) is 5.91 Å². The van der Waals surface area contributed by atoms with Crippen LogP contribution in [0.3, 0.4) is 0 Å². The summed E-state index contributed by atoms with van der Waals surface area (Å²) in [5, 5.41) is 0. The molecule has 0 bridgehead atoms. The van der Waals surface area contributed by atoms with Crippen molar-refractivity contribution < 1.29 is 14.3 Å². The summed E-state index contributed by atoms with van der Waals surface area (Å²) in [6.45, 7) is 4.43. The number of halogens is 1. The molecule has 1 amide bonds. The largest absolute Gasteiger partial charge is 0.497 e. The zero-order valence-electron chi connectivity index (χ0n) is 15.8. The summed E-state index contributed by atoms with van der Waals surface area (Å²) in [5.74, 6) is 0.894. The fraction of sp³-hybridized carbons (Fsp3) is 0.381. The molecule has 1 aliphatic rings. The van der Waals surface area contributed by atoms with Crippen molar-refractivity contribution in [1.82, 2.24) is 4.90 Å². The van der Waals surface area contributed by atoms with Crippen molar-refractivity contribution >= 4 is 18.3 Å². The standard InChI is InChI=1S/C21H26N2O3.ClH/c1-15-13-18(25-2)7-8-20(15)16-3-5-17(6-4-16)21(24)23-11-12-26-19(14-23)9-10-22;/h3-8,13,19H,9-12,14,22H2,1-2H3;1H. The summed E-state index contributed by atoms with van der Waals surface area (Å²) >= 11 is 0. The van der Waals surface area contributed by atoms with E-state index in [1.54, 1.807) is 7.11 Å². The number of amides is 1. The number of ether oxygens (including phenoxy) is 2. The Bertz CT molecular complexity index is 763. The maximum absolute atomic E-state index is 12.8. The Morgan fingerprint density at radius 1 is 1.26 bits per heavy atom. The lowest BCUT2D eigenvalue weighted by Gasteiger charge is -2.33. The van der Waals surface area contributed by atoms with Crippen molar-refractivity contribution in [1.29, 1.82) is 0 Å². The molecule has 3 rings (SSSR count). The Hall–Kier alpha value is -2.08. The van der Waals surface area contributed by atoms with Gasteiger partial charge in [0.1, 0.15) is 5.75 Å². The van der Waals surface area contributed by atoms with Crippen molar-refractivity contribution in [3.63, 3.8) is 0 Å². The molecule has 5 nitrogen and oxygen atoms in total. The smallest absolute Gasteiger partial charge is 0.254 e. The lowest BCUT2D eigenvalue weighted by molar-refractivity contribution is -0.0236. The Balaban J connectivity index is 0.00000261. The zero-order valence-corrected chi connectivity index (χ0v) is 16.6. The van der Waals surface area contributed by atoms with Crippen molar-refractivity contribution in [3.05, 3.63) is 53.6 Å². The molecule has 0 aliphatic carbocycles. The molecule has 1 unspecified atom stereocenters. The van der Waals surface area contributed by atoms with Crippen LogP contribution in [0.25, 0.3) is 11.1 Å². The van der Waals surface area contributed by atoms with Crippen LogP contribution in [0.4, 0.5) is 0 Å². The van der Waals surface area contributed by atoms with E-state index in [-0.39, 0.29) is 24.4 Å². The second-order valence-corrected chi connectivity index (χ2v) is 6.58. The van der Waals surface area contributed by atoms with Gasteiger partial charge in [0.2, 0.25) is 0 Å². The molecule has 2 aromatic carbocycles. The molecular formula is C21H27ClN2O3. The van der Waals surface area contributed by atoms with Gasteiger partial charge in [-0.3, -0.25) is 4.79 Å². The second-order valence-electron chi connectivity index (χ2n) is 6.58. The predicted octanol–water partition coefficient (Wildman–Crippen LogP) is 3.28. The molecule has 0 aromatic heterocycles. The minimum Gasteiger partial charge on any atom is -0.497 e. The first-order valence-corrected chi connectivity index (χ1v) is 8.98. The first-order valence-electron chi connectivity index (χ1n) is 8.98. The maximum atomic E-state index is 12.8. The van der Waals surface area contributed by atoms with Crippen LogP contribution in [0.2, 0.25) is 0 Å². The molecule has 1 atom stereocenters. The molecule has 146 valence electrons. The van der Waals surface area contributed by atoms with Gasteiger partial charge in [-0.1, -0.05) is 18.2 Å². The highest BCUT2D eigenvalue weighted by atomic mass is 35.5. The molecule has 0 spiro atoms. The normalized spacial score (nSPS) is 16.6. The van der Waals surface area contributed by atoms with Crippen LogP contribution in [-0.2, 0) is 4.74 Å². The van der Waals surface area contributed by atoms with Crippen molar-refractivity contribution in [2.24, 2.45) is 5.73 Å². The van der Waals surface area contributed by atoms with E-state index in [9.17, 15) is 4.79 Å². The van der Waals surface area contributed by atoms with E-state index in [1.807, 2.05) is 47.4 Å². The molecule has 1 heterocycles. The second kappa shape index (κ2) is 9.74. The van der Waals surface area contributed by atoms with Gasteiger partial charge in [-0.25, -0.2) is 0 Å². The Morgan fingerprint density at radius 2 is 2.00 bits per heavy atom. The van der Waals surface area contributed by atoms with E-state index in [0.29, 0.717) is 31.8 Å². The minimum atomic E-state index is 0. The summed E-state index contributed by atoms with van der Waals surface area (Å²) in [6.07, 6.45) is 0.818. The van der Waals surface area contributed by atoms with Crippen LogP contribution in [0.15, 0.2) is 42.5 Å².